The summed E-state index contributed by atoms with van der Waals surface area (Å²) in [5, 5.41) is 8.18. The minimum atomic E-state index is -3.76. The maximum atomic E-state index is 13.7. The summed E-state index contributed by atoms with van der Waals surface area (Å²) < 4.78 is 36.2. The summed E-state index contributed by atoms with van der Waals surface area (Å²) in [5.41, 5.74) is 1.49. The molecule has 0 aliphatic rings. The lowest BCUT2D eigenvalue weighted by Gasteiger charge is -2.14. The predicted molar refractivity (Wildman–Crippen MR) is 92.0 cm³/mol. The Balaban J connectivity index is 1.78. The molecular weight excluding hydrogens is 345 g/mol. The normalized spacial score (nSPS) is 12.9. The van der Waals surface area contributed by atoms with Gasteiger partial charge in [-0.25, -0.2) is 17.9 Å². The average Bonchev–Trinajstić information content (AvgIpc) is 3.00. The van der Waals surface area contributed by atoms with E-state index < -0.39 is 21.7 Å². The maximum absolute atomic E-state index is 13.7. The Morgan fingerprint density at radius 1 is 1.20 bits per heavy atom. The van der Waals surface area contributed by atoms with Crippen LogP contribution in [0.2, 0.25) is 0 Å². The number of carbonyl (C=O) groups excluding carboxylic acids is 1. The molecule has 0 radical (unpaired) electrons. The number of nitrogens with two attached hydrogens (primary N) is 1. The second-order valence-corrected chi connectivity index (χ2v) is 7.25. The van der Waals surface area contributed by atoms with Crippen molar-refractivity contribution < 1.29 is 17.6 Å². The lowest BCUT2D eigenvalue weighted by Crippen LogP contribution is -2.27. The van der Waals surface area contributed by atoms with E-state index in [0.717, 1.165) is 0 Å². The zero-order valence-electron chi connectivity index (χ0n) is 13.3. The van der Waals surface area contributed by atoms with E-state index in [2.05, 4.69) is 10.3 Å². The van der Waals surface area contributed by atoms with Crippen LogP contribution in [0, 0.1) is 5.82 Å². The van der Waals surface area contributed by atoms with Gasteiger partial charge >= 0.3 is 0 Å². The van der Waals surface area contributed by atoms with Crippen LogP contribution in [0.25, 0.3) is 10.9 Å². The van der Waals surface area contributed by atoms with E-state index in [1.54, 1.807) is 31.2 Å². The van der Waals surface area contributed by atoms with Gasteiger partial charge in [-0.05, 0) is 42.8 Å². The fourth-order valence-corrected chi connectivity index (χ4v) is 3.06. The summed E-state index contributed by atoms with van der Waals surface area (Å²) in [6, 6.07) is 11.6. The zero-order chi connectivity index (χ0) is 18.2. The molecule has 0 saturated carbocycles. The number of aromatic amines is 1. The van der Waals surface area contributed by atoms with Crippen molar-refractivity contribution in [3.63, 3.8) is 0 Å². The first-order valence-corrected chi connectivity index (χ1v) is 9.01. The number of H-pyrrole nitrogens is 1. The molecule has 1 heterocycles. The molecule has 0 saturated heterocycles. The molecule has 1 atom stereocenters. The minimum Gasteiger partial charge on any atom is -0.350 e. The highest BCUT2D eigenvalue weighted by Crippen LogP contribution is 2.20. The second kappa shape index (κ2) is 6.30. The molecule has 3 aromatic rings. The van der Waals surface area contributed by atoms with Crippen LogP contribution in [-0.4, -0.2) is 19.3 Å². The molecule has 130 valence electrons. The SMILES string of the molecule is CC(NC(=O)c1cc2c(F)cccc2[nH]1)c1ccc(S(N)(=O)=O)cc1. The first-order valence-electron chi connectivity index (χ1n) is 7.46. The number of nitrogens with one attached hydrogen (secondary N) is 2. The minimum absolute atomic E-state index is 0.000805. The highest BCUT2D eigenvalue weighted by molar-refractivity contribution is 7.89. The van der Waals surface area contributed by atoms with Gasteiger partial charge in [0.2, 0.25) is 10.0 Å². The Morgan fingerprint density at radius 2 is 1.88 bits per heavy atom. The summed E-state index contributed by atoms with van der Waals surface area (Å²) in [7, 11) is -3.76. The third-order valence-electron chi connectivity index (χ3n) is 3.91. The van der Waals surface area contributed by atoms with Crippen LogP contribution in [0.5, 0.6) is 0 Å². The van der Waals surface area contributed by atoms with Gasteiger partial charge in [-0.3, -0.25) is 4.79 Å². The fraction of sp³-hybridized carbons (Fsp3) is 0.118. The number of carbonyl (C=O) groups is 1. The quantitative estimate of drug-likeness (QED) is 0.664. The Hall–Kier alpha value is -2.71. The topological polar surface area (TPSA) is 105 Å². The molecule has 2 aromatic carbocycles. The van der Waals surface area contributed by atoms with Crippen molar-refractivity contribution in [3.8, 4) is 0 Å². The molecule has 1 aromatic heterocycles. The van der Waals surface area contributed by atoms with Crippen molar-refractivity contribution >= 4 is 26.8 Å². The molecule has 0 aliphatic heterocycles. The Labute approximate surface area is 143 Å². The summed E-state index contributed by atoms with van der Waals surface area (Å²) in [4.78, 5) is 15.2. The zero-order valence-corrected chi connectivity index (χ0v) is 14.1. The lowest BCUT2D eigenvalue weighted by atomic mass is 10.1. The van der Waals surface area contributed by atoms with Crippen LogP contribution < -0.4 is 10.5 Å². The van der Waals surface area contributed by atoms with E-state index in [0.29, 0.717) is 16.5 Å². The number of hydrogen-bond donors (Lipinski definition) is 3. The van der Waals surface area contributed by atoms with Crippen molar-refractivity contribution in [3.05, 3.63) is 65.6 Å². The van der Waals surface area contributed by atoms with Gasteiger partial charge in [0.15, 0.2) is 0 Å². The molecule has 3 rings (SSSR count). The molecule has 0 aliphatic carbocycles. The number of amides is 1. The largest absolute Gasteiger partial charge is 0.350 e. The van der Waals surface area contributed by atoms with Gasteiger partial charge in [-0.1, -0.05) is 18.2 Å². The second-order valence-electron chi connectivity index (χ2n) is 5.69. The van der Waals surface area contributed by atoms with E-state index >= 15 is 0 Å². The highest BCUT2D eigenvalue weighted by Gasteiger charge is 2.16. The van der Waals surface area contributed by atoms with Crippen LogP contribution >= 0.6 is 0 Å². The van der Waals surface area contributed by atoms with Gasteiger partial charge < -0.3 is 10.3 Å². The van der Waals surface area contributed by atoms with Gasteiger partial charge in [-0.15, -0.1) is 0 Å². The monoisotopic (exact) mass is 361 g/mol. The third-order valence-corrected chi connectivity index (χ3v) is 4.84. The Bertz CT molecular complexity index is 1040. The van der Waals surface area contributed by atoms with E-state index in [-0.39, 0.29) is 16.6 Å². The highest BCUT2D eigenvalue weighted by atomic mass is 32.2. The number of halogens is 1. The molecular formula is C17H16FN3O3S. The van der Waals surface area contributed by atoms with Crippen molar-refractivity contribution in [2.45, 2.75) is 17.9 Å². The Kier molecular flexibility index (Phi) is 4.32. The molecule has 1 unspecified atom stereocenters. The van der Waals surface area contributed by atoms with E-state index in [9.17, 15) is 17.6 Å². The smallest absolute Gasteiger partial charge is 0.268 e. The van der Waals surface area contributed by atoms with E-state index in [1.165, 1.54) is 24.3 Å². The molecule has 0 fully saturated rings. The van der Waals surface area contributed by atoms with E-state index in [4.69, 9.17) is 5.14 Å². The molecule has 0 bridgehead atoms. The van der Waals surface area contributed by atoms with Gasteiger partial charge in [0.05, 0.1) is 10.9 Å². The van der Waals surface area contributed by atoms with E-state index in [1.807, 2.05) is 0 Å². The number of aromatic nitrogens is 1. The van der Waals surface area contributed by atoms with Crippen LogP contribution in [0.15, 0.2) is 53.4 Å². The first-order chi connectivity index (χ1) is 11.8. The summed E-state index contributed by atoms with van der Waals surface area (Å²) in [6.07, 6.45) is 0. The van der Waals surface area contributed by atoms with Gasteiger partial charge in [0.1, 0.15) is 11.5 Å². The average molecular weight is 361 g/mol. The Morgan fingerprint density at radius 3 is 2.48 bits per heavy atom. The van der Waals surface area contributed by atoms with Crippen molar-refractivity contribution in [1.82, 2.24) is 10.3 Å². The molecule has 8 heteroatoms. The first kappa shape index (κ1) is 17.1. The molecule has 0 spiro atoms. The molecule has 4 N–H and O–H groups in total. The van der Waals surface area contributed by atoms with Crippen LogP contribution in [0.3, 0.4) is 0 Å². The number of benzene rings is 2. The third kappa shape index (κ3) is 3.54. The molecule has 25 heavy (non-hydrogen) atoms. The number of hydrogen-bond acceptors (Lipinski definition) is 3. The van der Waals surface area contributed by atoms with Crippen molar-refractivity contribution in [2.24, 2.45) is 5.14 Å². The summed E-state index contributed by atoms with van der Waals surface area (Å²) in [5.74, 6) is -0.793. The molecule has 1 amide bonds. The van der Waals surface area contributed by atoms with Gasteiger partial charge in [-0.2, -0.15) is 0 Å². The summed E-state index contributed by atoms with van der Waals surface area (Å²) in [6.45, 7) is 1.76. The van der Waals surface area contributed by atoms with Gasteiger partial charge in [0, 0.05) is 10.9 Å². The standard InChI is InChI=1S/C17H16FN3O3S/c1-10(11-5-7-12(8-6-11)25(19,23)24)20-17(22)16-9-13-14(18)3-2-4-15(13)21-16/h2-10,21H,1H3,(H,20,22)(H2,19,23,24). The van der Waals surface area contributed by atoms with Crippen molar-refractivity contribution in [2.75, 3.05) is 0 Å². The van der Waals surface area contributed by atoms with Crippen LogP contribution in [-0.2, 0) is 10.0 Å². The maximum Gasteiger partial charge on any atom is 0.268 e. The fourth-order valence-electron chi connectivity index (χ4n) is 2.54. The van der Waals surface area contributed by atoms with Crippen LogP contribution in [0.4, 0.5) is 4.39 Å². The number of sulfonamides is 1. The number of fused-ring (bicyclic) bond motifs is 1. The van der Waals surface area contributed by atoms with Crippen LogP contribution in [0.1, 0.15) is 29.0 Å². The lowest BCUT2D eigenvalue weighted by molar-refractivity contribution is 0.0935. The van der Waals surface area contributed by atoms with Gasteiger partial charge in [0.25, 0.3) is 5.91 Å². The summed E-state index contributed by atoms with van der Waals surface area (Å²) >= 11 is 0. The number of rotatable bonds is 4. The predicted octanol–water partition coefficient (Wildman–Crippen LogP) is 2.45. The molecule has 6 nitrogen and oxygen atoms in total. The van der Waals surface area contributed by atoms with Crippen molar-refractivity contribution in [1.29, 1.82) is 0 Å². The number of primary sulfonamides is 1.